The van der Waals surface area contributed by atoms with E-state index in [0.717, 1.165) is 23.7 Å². The minimum Gasteiger partial charge on any atom is -0.345 e. The van der Waals surface area contributed by atoms with Crippen LogP contribution in [-0.2, 0) is 11.3 Å². The van der Waals surface area contributed by atoms with E-state index in [1.54, 1.807) is 22.3 Å². The third kappa shape index (κ3) is 2.96. The van der Waals surface area contributed by atoms with Gasteiger partial charge in [0.1, 0.15) is 19.2 Å². The number of benzene rings is 1. The summed E-state index contributed by atoms with van der Waals surface area (Å²) in [5, 5.41) is 5.02. The number of nitrogens with zero attached hydrogens (tertiary/aromatic N) is 6. The summed E-state index contributed by atoms with van der Waals surface area (Å²) in [6.07, 6.45) is 3.01. The van der Waals surface area contributed by atoms with Crippen LogP contribution in [0.4, 0.5) is 5.13 Å². The van der Waals surface area contributed by atoms with E-state index in [-0.39, 0.29) is 12.5 Å². The minimum absolute atomic E-state index is 0.0834. The predicted octanol–water partition coefficient (Wildman–Crippen LogP) is 1.55. The molecule has 124 valence electrons. The molecule has 1 saturated heterocycles. The van der Waals surface area contributed by atoms with Crippen molar-refractivity contribution in [3.8, 4) is 0 Å². The lowest BCUT2D eigenvalue weighted by molar-refractivity contribution is -0.132. The van der Waals surface area contributed by atoms with Crippen molar-refractivity contribution in [2.75, 3.05) is 31.1 Å². The lowest BCUT2D eigenvalue weighted by atomic mass is 10.2. The number of fused-ring (bicyclic) bond motifs is 1. The molecule has 0 radical (unpaired) electrons. The molecule has 0 bridgehead atoms. The highest BCUT2D eigenvalue weighted by Gasteiger charge is 2.23. The number of piperazine rings is 1. The van der Waals surface area contributed by atoms with Crippen molar-refractivity contribution in [1.29, 1.82) is 0 Å². The zero-order chi connectivity index (χ0) is 16.5. The fraction of sp³-hybridized carbons (Fsp3) is 0.375. The molecule has 3 aromatic rings. The van der Waals surface area contributed by atoms with Gasteiger partial charge in [0.05, 0.1) is 10.2 Å². The number of anilines is 1. The molecule has 0 atom stereocenters. The van der Waals surface area contributed by atoms with Crippen LogP contribution < -0.4 is 4.90 Å². The molecular formula is C16H18N6OS. The molecular weight excluding hydrogens is 324 g/mol. The van der Waals surface area contributed by atoms with Crippen LogP contribution in [0.15, 0.2) is 30.9 Å². The highest BCUT2D eigenvalue weighted by molar-refractivity contribution is 7.22. The molecule has 0 N–H and O–H groups in total. The van der Waals surface area contributed by atoms with Crippen molar-refractivity contribution in [2.45, 2.75) is 13.5 Å². The lowest BCUT2D eigenvalue weighted by Crippen LogP contribution is -2.49. The number of hydrogen-bond acceptors (Lipinski definition) is 6. The van der Waals surface area contributed by atoms with Crippen LogP contribution in [-0.4, -0.2) is 56.7 Å². The zero-order valence-electron chi connectivity index (χ0n) is 13.4. The second-order valence-corrected chi connectivity index (χ2v) is 6.94. The van der Waals surface area contributed by atoms with Crippen molar-refractivity contribution in [2.24, 2.45) is 0 Å². The van der Waals surface area contributed by atoms with Gasteiger partial charge in [-0.15, -0.1) is 0 Å². The summed E-state index contributed by atoms with van der Waals surface area (Å²) in [4.78, 5) is 25.0. The summed E-state index contributed by atoms with van der Waals surface area (Å²) >= 11 is 1.72. The van der Waals surface area contributed by atoms with Crippen LogP contribution in [0.1, 0.15) is 5.56 Å². The fourth-order valence-corrected chi connectivity index (χ4v) is 3.97. The second-order valence-electron chi connectivity index (χ2n) is 5.93. The highest BCUT2D eigenvalue weighted by Crippen LogP contribution is 2.30. The number of carbonyl (C=O) groups is 1. The van der Waals surface area contributed by atoms with Gasteiger partial charge in [-0.3, -0.25) is 4.79 Å². The largest absolute Gasteiger partial charge is 0.345 e. The number of amides is 1. The Kier molecular flexibility index (Phi) is 3.89. The highest BCUT2D eigenvalue weighted by atomic mass is 32.1. The van der Waals surface area contributed by atoms with Crippen molar-refractivity contribution < 1.29 is 4.79 Å². The van der Waals surface area contributed by atoms with E-state index in [4.69, 9.17) is 4.98 Å². The van der Waals surface area contributed by atoms with E-state index in [0.29, 0.717) is 13.1 Å². The predicted molar refractivity (Wildman–Crippen MR) is 93.2 cm³/mol. The maximum absolute atomic E-state index is 12.3. The standard InChI is InChI=1S/C16H18N6OS/c1-12-2-3-13-14(8-12)24-16(19-13)21-6-4-20(5-7-21)15(23)9-22-11-17-10-18-22/h2-3,8,10-11H,4-7,9H2,1H3. The molecule has 8 heteroatoms. The Morgan fingerprint density at radius 2 is 2.08 bits per heavy atom. The first kappa shape index (κ1) is 15.1. The Labute approximate surface area is 143 Å². The van der Waals surface area contributed by atoms with Gasteiger partial charge in [-0.1, -0.05) is 17.4 Å². The Bertz CT molecular complexity index is 851. The monoisotopic (exact) mass is 342 g/mol. The molecule has 24 heavy (non-hydrogen) atoms. The SMILES string of the molecule is Cc1ccc2nc(N3CCN(C(=O)Cn4cncn4)CC3)sc2c1. The Balaban J connectivity index is 1.40. The molecule has 4 rings (SSSR count). The third-order valence-electron chi connectivity index (χ3n) is 4.20. The quantitative estimate of drug-likeness (QED) is 0.722. The van der Waals surface area contributed by atoms with E-state index in [1.165, 1.54) is 16.6 Å². The Morgan fingerprint density at radius 3 is 2.83 bits per heavy atom. The van der Waals surface area contributed by atoms with Crippen molar-refractivity contribution in [3.63, 3.8) is 0 Å². The molecule has 0 spiro atoms. The van der Waals surface area contributed by atoms with Gasteiger partial charge in [-0.2, -0.15) is 5.10 Å². The second kappa shape index (κ2) is 6.20. The normalized spacial score (nSPS) is 15.2. The molecule has 1 aliphatic heterocycles. The molecule has 1 fully saturated rings. The van der Waals surface area contributed by atoms with E-state index in [2.05, 4.69) is 40.1 Å². The van der Waals surface area contributed by atoms with E-state index in [9.17, 15) is 4.79 Å². The van der Waals surface area contributed by atoms with Crippen molar-refractivity contribution in [3.05, 3.63) is 36.4 Å². The first-order chi connectivity index (χ1) is 11.7. The fourth-order valence-electron chi connectivity index (χ4n) is 2.86. The van der Waals surface area contributed by atoms with Crippen LogP contribution in [0, 0.1) is 6.92 Å². The Hall–Kier alpha value is -2.48. The van der Waals surface area contributed by atoms with Crippen LogP contribution in [0.5, 0.6) is 0 Å². The summed E-state index contributed by atoms with van der Waals surface area (Å²) in [6, 6.07) is 6.34. The number of carbonyl (C=O) groups excluding carboxylic acids is 1. The number of thiazole rings is 1. The number of hydrogen-bond donors (Lipinski definition) is 0. The van der Waals surface area contributed by atoms with Crippen LogP contribution in [0.2, 0.25) is 0 Å². The topological polar surface area (TPSA) is 67.2 Å². The molecule has 0 aliphatic carbocycles. The third-order valence-corrected chi connectivity index (χ3v) is 5.28. The smallest absolute Gasteiger partial charge is 0.244 e. The van der Waals surface area contributed by atoms with Gasteiger partial charge in [0.25, 0.3) is 0 Å². The van der Waals surface area contributed by atoms with Crippen LogP contribution >= 0.6 is 11.3 Å². The molecule has 2 aromatic heterocycles. The summed E-state index contributed by atoms with van der Waals surface area (Å²) in [6.45, 7) is 5.38. The minimum atomic E-state index is 0.0834. The molecule has 0 unspecified atom stereocenters. The van der Waals surface area contributed by atoms with Crippen LogP contribution in [0.25, 0.3) is 10.2 Å². The summed E-state index contributed by atoms with van der Waals surface area (Å²) < 4.78 is 2.78. The van der Waals surface area contributed by atoms with Crippen molar-refractivity contribution in [1.82, 2.24) is 24.6 Å². The average Bonchev–Trinajstić information content (AvgIpc) is 3.24. The van der Waals surface area contributed by atoms with E-state index < -0.39 is 0 Å². The van der Waals surface area contributed by atoms with Gasteiger partial charge in [0, 0.05) is 26.2 Å². The van der Waals surface area contributed by atoms with E-state index in [1.807, 2.05) is 4.90 Å². The van der Waals surface area contributed by atoms with Gasteiger partial charge in [0.2, 0.25) is 5.91 Å². The number of rotatable bonds is 3. The average molecular weight is 342 g/mol. The molecule has 0 saturated carbocycles. The number of aryl methyl sites for hydroxylation is 1. The molecule has 1 amide bonds. The first-order valence-corrected chi connectivity index (χ1v) is 8.73. The molecule has 1 aliphatic rings. The first-order valence-electron chi connectivity index (χ1n) is 7.91. The van der Waals surface area contributed by atoms with Gasteiger partial charge in [0.15, 0.2) is 5.13 Å². The van der Waals surface area contributed by atoms with Gasteiger partial charge in [-0.25, -0.2) is 14.6 Å². The molecule has 3 heterocycles. The maximum atomic E-state index is 12.3. The summed E-state index contributed by atoms with van der Waals surface area (Å²) in [5.74, 6) is 0.0834. The number of aromatic nitrogens is 4. The Morgan fingerprint density at radius 1 is 1.25 bits per heavy atom. The molecule has 1 aromatic carbocycles. The lowest BCUT2D eigenvalue weighted by Gasteiger charge is -2.34. The molecule has 7 nitrogen and oxygen atoms in total. The van der Waals surface area contributed by atoms with Gasteiger partial charge < -0.3 is 9.80 Å². The zero-order valence-corrected chi connectivity index (χ0v) is 14.2. The summed E-state index contributed by atoms with van der Waals surface area (Å²) in [5.41, 5.74) is 2.30. The summed E-state index contributed by atoms with van der Waals surface area (Å²) in [7, 11) is 0. The van der Waals surface area contributed by atoms with Crippen LogP contribution in [0.3, 0.4) is 0 Å². The van der Waals surface area contributed by atoms with Gasteiger partial charge in [-0.05, 0) is 24.6 Å². The van der Waals surface area contributed by atoms with Crippen molar-refractivity contribution >= 4 is 32.6 Å². The van der Waals surface area contributed by atoms with Gasteiger partial charge >= 0.3 is 0 Å². The maximum Gasteiger partial charge on any atom is 0.244 e. The van der Waals surface area contributed by atoms with E-state index >= 15 is 0 Å².